The van der Waals surface area contributed by atoms with E-state index in [2.05, 4.69) is 59.7 Å². The van der Waals surface area contributed by atoms with E-state index in [1.807, 2.05) is 6.07 Å². The van der Waals surface area contributed by atoms with Gasteiger partial charge >= 0.3 is 0 Å². The average molecular weight is 270 g/mol. The molecule has 0 heterocycles. The number of rotatable bonds is 2. The van der Waals surface area contributed by atoms with Gasteiger partial charge in [-0.1, -0.05) is 50.6 Å². The average Bonchev–Trinajstić information content (AvgIpc) is 2.64. The summed E-state index contributed by atoms with van der Waals surface area (Å²) in [5.74, 6) is 0. The van der Waals surface area contributed by atoms with E-state index in [9.17, 15) is 5.11 Å². The second kappa shape index (κ2) is 5.21. The minimum absolute atomic E-state index is 0.152. The lowest BCUT2D eigenvalue weighted by molar-refractivity contribution is 0.0624. The molecule has 0 radical (unpaired) electrons. The summed E-state index contributed by atoms with van der Waals surface area (Å²) in [6.45, 7) is 12.8. The SMILES string of the molecule is CC1=C(C)C(C)=C(c2ccccc2C(O)C(C)(C)C)C1. The molecule has 108 valence electrons. The fourth-order valence-electron chi connectivity index (χ4n) is 2.85. The van der Waals surface area contributed by atoms with Crippen molar-refractivity contribution in [1.82, 2.24) is 0 Å². The summed E-state index contributed by atoms with van der Waals surface area (Å²) in [6.07, 6.45) is 0.561. The van der Waals surface area contributed by atoms with E-state index < -0.39 is 6.10 Å². The van der Waals surface area contributed by atoms with Crippen LogP contribution in [0, 0.1) is 5.41 Å². The molecular weight excluding hydrogens is 244 g/mol. The van der Waals surface area contributed by atoms with Crippen molar-refractivity contribution in [2.45, 2.75) is 54.1 Å². The van der Waals surface area contributed by atoms with Crippen LogP contribution in [0.4, 0.5) is 0 Å². The highest BCUT2D eigenvalue weighted by molar-refractivity contribution is 5.79. The van der Waals surface area contributed by atoms with Gasteiger partial charge in [-0.3, -0.25) is 0 Å². The fraction of sp³-hybridized carbons (Fsp3) is 0.474. The second-order valence-electron chi connectivity index (χ2n) is 7.04. The maximum Gasteiger partial charge on any atom is 0.0844 e. The summed E-state index contributed by atoms with van der Waals surface area (Å²) in [5, 5.41) is 10.7. The van der Waals surface area contributed by atoms with Gasteiger partial charge in [0, 0.05) is 0 Å². The Hall–Kier alpha value is -1.34. The minimum atomic E-state index is -0.444. The van der Waals surface area contributed by atoms with Gasteiger partial charge in [-0.15, -0.1) is 0 Å². The zero-order valence-corrected chi connectivity index (χ0v) is 13.5. The van der Waals surface area contributed by atoms with Gasteiger partial charge in [-0.05, 0) is 60.5 Å². The third kappa shape index (κ3) is 2.60. The van der Waals surface area contributed by atoms with Crippen molar-refractivity contribution in [2.75, 3.05) is 0 Å². The smallest absolute Gasteiger partial charge is 0.0844 e. The Bertz CT molecular complexity index is 582. The lowest BCUT2D eigenvalue weighted by atomic mass is 9.81. The van der Waals surface area contributed by atoms with Crippen LogP contribution in [0.2, 0.25) is 0 Å². The summed E-state index contributed by atoms with van der Waals surface area (Å²) < 4.78 is 0. The van der Waals surface area contributed by atoms with Gasteiger partial charge in [0.1, 0.15) is 0 Å². The second-order valence-corrected chi connectivity index (χ2v) is 7.04. The van der Waals surface area contributed by atoms with Gasteiger partial charge in [0.15, 0.2) is 0 Å². The first kappa shape index (κ1) is 15.1. The summed E-state index contributed by atoms with van der Waals surface area (Å²) >= 11 is 0. The van der Waals surface area contributed by atoms with Gasteiger partial charge in [0.05, 0.1) is 6.10 Å². The molecule has 0 aliphatic heterocycles. The molecule has 0 saturated carbocycles. The standard InChI is InChI=1S/C19H26O/c1-12-11-17(14(3)13(12)2)15-9-7-8-10-16(15)18(20)19(4,5)6/h7-10,18,20H,11H2,1-6H3. The highest BCUT2D eigenvalue weighted by Gasteiger charge is 2.28. The number of aliphatic hydroxyl groups is 1. The van der Waals surface area contributed by atoms with E-state index in [-0.39, 0.29) is 5.41 Å². The molecule has 0 aromatic heterocycles. The molecule has 20 heavy (non-hydrogen) atoms. The molecule has 2 rings (SSSR count). The molecule has 0 spiro atoms. The number of aliphatic hydroxyl groups excluding tert-OH is 1. The van der Waals surface area contributed by atoms with Crippen molar-refractivity contribution in [3.05, 3.63) is 52.1 Å². The molecule has 1 atom stereocenters. The van der Waals surface area contributed by atoms with Crippen LogP contribution in [0.25, 0.3) is 5.57 Å². The molecule has 1 heteroatoms. The van der Waals surface area contributed by atoms with Crippen LogP contribution in [-0.2, 0) is 0 Å². The Morgan fingerprint density at radius 3 is 2.10 bits per heavy atom. The lowest BCUT2D eigenvalue weighted by Crippen LogP contribution is -2.19. The lowest BCUT2D eigenvalue weighted by Gasteiger charge is -2.28. The Morgan fingerprint density at radius 2 is 1.60 bits per heavy atom. The van der Waals surface area contributed by atoms with Crippen molar-refractivity contribution < 1.29 is 5.11 Å². The van der Waals surface area contributed by atoms with Crippen molar-refractivity contribution in [2.24, 2.45) is 5.41 Å². The first-order chi connectivity index (χ1) is 9.23. The Labute approximate surface area is 123 Å². The van der Waals surface area contributed by atoms with Crippen molar-refractivity contribution >= 4 is 5.57 Å². The number of benzene rings is 1. The molecule has 1 unspecified atom stereocenters. The van der Waals surface area contributed by atoms with E-state index in [1.54, 1.807) is 0 Å². The highest BCUT2D eigenvalue weighted by Crippen LogP contribution is 2.42. The van der Waals surface area contributed by atoms with Gasteiger partial charge in [0.2, 0.25) is 0 Å². The molecule has 1 aromatic carbocycles. The van der Waals surface area contributed by atoms with E-state index >= 15 is 0 Å². The molecule has 0 bridgehead atoms. The quantitative estimate of drug-likeness (QED) is 0.775. The van der Waals surface area contributed by atoms with E-state index in [4.69, 9.17) is 0 Å². The van der Waals surface area contributed by atoms with Crippen LogP contribution in [0.15, 0.2) is 41.0 Å². The highest BCUT2D eigenvalue weighted by atomic mass is 16.3. The van der Waals surface area contributed by atoms with E-state index in [0.29, 0.717) is 0 Å². The van der Waals surface area contributed by atoms with Crippen LogP contribution in [-0.4, -0.2) is 5.11 Å². The van der Waals surface area contributed by atoms with Gasteiger partial charge in [-0.25, -0.2) is 0 Å². The number of hydrogen-bond acceptors (Lipinski definition) is 1. The summed E-state index contributed by atoms with van der Waals surface area (Å²) in [5.41, 5.74) is 7.70. The molecule has 1 aromatic rings. The first-order valence-corrected chi connectivity index (χ1v) is 7.37. The molecule has 1 nitrogen and oxygen atoms in total. The van der Waals surface area contributed by atoms with Crippen molar-refractivity contribution in [3.8, 4) is 0 Å². The summed E-state index contributed by atoms with van der Waals surface area (Å²) in [7, 11) is 0. The largest absolute Gasteiger partial charge is 0.388 e. The zero-order valence-electron chi connectivity index (χ0n) is 13.5. The van der Waals surface area contributed by atoms with Crippen LogP contribution in [0.1, 0.15) is 65.2 Å². The maximum atomic E-state index is 10.7. The number of hydrogen-bond donors (Lipinski definition) is 1. The van der Waals surface area contributed by atoms with Crippen LogP contribution >= 0.6 is 0 Å². The van der Waals surface area contributed by atoms with Crippen molar-refractivity contribution in [3.63, 3.8) is 0 Å². The normalized spacial score (nSPS) is 17.9. The number of allylic oxidation sites excluding steroid dienone is 4. The van der Waals surface area contributed by atoms with Gasteiger partial charge in [0.25, 0.3) is 0 Å². The Balaban J connectivity index is 2.51. The summed E-state index contributed by atoms with van der Waals surface area (Å²) in [6, 6.07) is 8.30. The van der Waals surface area contributed by atoms with Crippen molar-refractivity contribution in [1.29, 1.82) is 0 Å². The molecule has 0 amide bonds. The summed E-state index contributed by atoms with van der Waals surface area (Å²) in [4.78, 5) is 0. The van der Waals surface area contributed by atoms with Crippen LogP contribution in [0.3, 0.4) is 0 Å². The van der Waals surface area contributed by atoms with E-state index in [0.717, 1.165) is 12.0 Å². The first-order valence-electron chi connectivity index (χ1n) is 7.37. The topological polar surface area (TPSA) is 20.2 Å². The molecule has 1 N–H and O–H groups in total. The monoisotopic (exact) mass is 270 g/mol. The minimum Gasteiger partial charge on any atom is -0.388 e. The van der Waals surface area contributed by atoms with E-state index in [1.165, 1.54) is 27.9 Å². The molecule has 0 fully saturated rings. The fourth-order valence-corrected chi connectivity index (χ4v) is 2.85. The van der Waals surface area contributed by atoms with Crippen LogP contribution in [0.5, 0.6) is 0 Å². The molecule has 1 aliphatic carbocycles. The van der Waals surface area contributed by atoms with Gasteiger partial charge < -0.3 is 5.11 Å². The maximum absolute atomic E-state index is 10.7. The Morgan fingerprint density at radius 1 is 1.00 bits per heavy atom. The third-order valence-corrected chi connectivity index (χ3v) is 4.50. The van der Waals surface area contributed by atoms with Crippen LogP contribution < -0.4 is 0 Å². The van der Waals surface area contributed by atoms with Gasteiger partial charge in [-0.2, -0.15) is 0 Å². The molecular formula is C19H26O. The third-order valence-electron chi connectivity index (χ3n) is 4.50. The molecule has 1 aliphatic rings. The predicted octanol–water partition coefficient (Wildman–Crippen LogP) is 5.28. The predicted molar refractivity (Wildman–Crippen MR) is 86.4 cm³/mol. The molecule has 0 saturated heterocycles. The Kier molecular flexibility index (Phi) is 3.93. The zero-order chi connectivity index (χ0) is 15.1.